The van der Waals surface area contributed by atoms with Gasteiger partial charge in [0.05, 0.1) is 12.6 Å². The fraction of sp³-hybridized carbons (Fsp3) is 0.118. The molecule has 21 heavy (non-hydrogen) atoms. The molecule has 0 saturated heterocycles. The zero-order valence-electron chi connectivity index (χ0n) is 11.7. The van der Waals surface area contributed by atoms with E-state index in [1.165, 1.54) is 11.7 Å². The third-order valence-electron chi connectivity index (χ3n) is 3.30. The van der Waals surface area contributed by atoms with Crippen molar-refractivity contribution in [1.82, 2.24) is 4.57 Å². The van der Waals surface area contributed by atoms with E-state index in [-0.39, 0.29) is 0 Å². The van der Waals surface area contributed by atoms with Crippen molar-refractivity contribution in [3.05, 3.63) is 66.4 Å². The Bertz CT molecular complexity index is 762. The smallest absolute Gasteiger partial charge is 0.418 e. The minimum Gasteiger partial charge on any atom is -0.488 e. The molecule has 4 nitrogen and oxygen atoms in total. The number of hydrogen-bond acceptors (Lipinski definition) is 3. The third kappa shape index (κ3) is 2.60. The van der Waals surface area contributed by atoms with Crippen molar-refractivity contribution >= 4 is 17.0 Å². The summed E-state index contributed by atoms with van der Waals surface area (Å²) < 4.78 is 12.1. The largest absolute Gasteiger partial charge is 0.488 e. The monoisotopic (exact) mass is 281 g/mol. The summed E-state index contributed by atoms with van der Waals surface area (Å²) in [5, 5.41) is 0.888. The van der Waals surface area contributed by atoms with Gasteiger partial charge in [0.15, 0.2) is 0 Å². The first kappa shape index (κ1) is 13.2. The summed E-state index contributed by atoms with van der Waals surface area (Å²) >= 11 is 0. The Morgan fingerprint density at radius 2 is 1.86 bits per heavy atom. The molecule has 3 aromatic rings. The van der Waals surface area contributed by atoms with Gasteiger partial charge in [0.2, 0.25) is 0 Å². The summed E-state index contributed by atoms with van der Waals surface area (Å²) in [5.41, 5.74) is 1.87. The molecule has 0 aliphatic rings. The SMILES string of the molecule is COC(=O)n1ccc2c(OCc3ccccc3)cccc21. The Kier molecular flexibility index (Phi) is 3.60. The molecule has 1 aromatic heterocycles. The molecule has 0 N–H and O–H groups in total. The highest BCUT2D eigenvalue weighted by atomic mass is 16.5. The summed E-state index contributed by atoms with van der Waals surface area (Å²) in [5.74, 6) is 0.749. The molecular weight excluding hydrogens is 266 g/mol. The molecular formula is C17H15NO3. The first-order chi connectivity index (χ1) is 10.3. The van der Waals surface area contributed by atoms with Crippen LogP contribution in [0.5, 0.6) is 5.75 Å². The lowest BCUT2D eigenvalue weighted by Gasteiger charge is -2.08. The van der Waals surface area contributed by atoms with Crippen LogP contribution in [-0.2, 0) is 11.3 Å². The van der Waals surface area contributed by atoms with Gasteiger partial charge >= 0.3 is 6.09 Å². The topological polar surface area (TPSA) is 40.5 Å². The molecule has 0 aliphatic heterocycles. The molecule has 0 bridgehead atoms. The Balaban J connectivity index is 1.89. The molecule has 0 aliphatic carbocycles. The van der Waals surface area contributed by atoms with Crippen molar-refractivity contribution < 1.29 is 14.3 Å². The first-order valence-corrected chi connectivity index (χ1v) is 6.64. The van der Waals surface area contributed by atoms with E-state index < -0.39 is 6.09 Å². The van der Waals surface area contributed by atoms with E-state index in [4.69, 9.17) is 9.47 Å². The van der Waals surface area contributed by atoms with Crippen LogP contribution in [0.15, 0.2) is 60.8 Å². The molecule has 0 unspecified atom stereocenters. The van der Waals surface area contributed by atoms with Crippen LogP contribution in [-0.4, -0.2) is 17.8 Å². The maximum atomic E-state index is 11.7. The lowest BCUT2D eigenvalue weighted by Crippen LogP contribution is -2.09. The van der Waals surface area contributed by atoms with E-state index in [1.807, 2.05) is 54.6 Å². The van der Waals surface area contributed by atoms with Crippen LogP contribution >= 0.6 is 0 Å². The highest BCUT2D eigenvalue weighted by Crippen LogP contribution is 2.27. The average molecular weight is 281 g/mol. The van der Waals surface area contributed by atoms with E-state index in [0.717, 1.165) is 22.2 Å². The van der Waals surface area contributed by atoms with Crippen LogP contribution in [0.2, 0.25) is 0 Å². The Morgan fingerprint density at radius 3 is 2.62 bits per heavy atom. The number of carbonyl (C=O) groups excluding carboxylic acids is 1. The molecule has 1 heterocycles. The third-order valence-corrected chi connectivity index (χ3v) is 3.30. The standard InChI is InChI=1S/C17H15NO3/c1-20-17(19)18-11-10-14-15(18)8-5-9-16(14)21-12-13-6-3-2-4-7-13/h2-11H,12H2,1H3. The van der Waals surface area contributed by atoms with E-state index in [0.29, 0.717) is 6.61 Å². The molecule has 0 fully saturated rings. The summed E-state index contributed by atoms with van der Waals surface area (Å²) in [4.78, 5) is 11.7. The van der Waals surface area contributed by atoms with Crippen LogP contribution in [0.3, 0.4) is 0 Å². The average Bonchev–Trinajstić information content (AvgIpc) is 2.97. The van der Waals surface area contributed by atoms with Gasteiger partial charge in [-0.1, -0.05) is 36.4 Å². The molecule has 0 amide bonds. The minimum absolute atomic E-state index is 0.412. The van der Waals surface area contributed by atoms with Crippen LogP contribution in [0.25, 0.3) is 10.9 Å². The maximum absolute atomic E-state index is 11.7. The fourth-order valence-electron chi connectivity index (χ4n) is 2.26. The van der Waals surface area contributed by atoms with Gasteiger partial charge in [-0.05, 0) is 23.8 Å². The van der Waals surface area contributed by atoms with Gasteiger partial charge in [-0.2, -0.15) is 0 Å². The van der Waals surface area contributed by atoms with Crippen molar-refractivity contribution in [3.63, 3.8) is 0 Å². The van der Waals surface area contributed by atoms with Gasteiger partial charge in [0.1, 0.15) is 12.4 Å². The molecule has 0 saturated carbocycles. The Morgan fingerprint density at radius 1 is 1.05 bits per heavy atom. The zero-order chi connectivity index (χ0) is 14.7. The molecule has 3 rings (SSSR count). The molecule has 2 aromatic carbocycles. The highest BCUT2D eigenvalue weighted by molar-refractivity contribution is 5.93. The van der Waals surface area contributed by atoms with Crippen LogP contribution in [0.4, 0.5) is 4.79 Å². The van der Waals surface area contributed by atoms with Crippen molar-refractivity contribution in [2.75, 3.05) is 7.11 Å². The number of carbonyl (C=O) groups is 1. The number of aromatic nitrogens is 1. The lowest BCUT2D eigenvalue weighted by molar-refractivity contribution is 0.174. The molecule has 106 valence electrons. The maximum Gasteiger partial charge on any atom is 0.418 e. The summed E-state index contributed by atoms with van der Waals surface area (Å²) in [6.45, 7) is 0.489. The van der Waals surface area contributed by atoms with Crippen molar-refractivity contribution in [1.29, 1.82) is 0 Å². The Labute approximate surface area is 122 Å². The quantitative estimate of drug-likeness (QED) is 0.732. The van der Waals surface area contributed by atoms with E-state index in [2.05, 4.69) is 0 Å². The number of ether oxygens (including phenoxy) is 2. The second-order valence-electron chi connectivity index (χ2n) is 4.62. The van der Waals surface area contributed by atoms with Crippen LogP contribution in [0, 0.1) is 0 Å². The molecule has 0 spiro atoms. The van der Waals surface area contributed by atoms with E-state index >= 15 is 0 Å². The number of hydrogen-bond donors (Lipinski definition) is 0. The minimum atomic E-state index is -0.412. The molecule has 4 heteroatoms. The normalized spacial score (nSPS) is 10.5. The van der Waals surface area contributed by atoms with Gasteiger partial charge < -0.3 is 9.47 Å². The number of methoxy groups -OCH3 is 1. The molecule has 0 radical (unpaired) electrons. The summed E-state index contributed by atoms with van der Waals surface area (Å²) in [6.07, 6.45) is 1.27. The number of benzene rings is 2. The predicted molar refractivity (Wildman–Crippen MR) is 80.5 cm³/mol. The van der Waals surface area contributed by atoms with Crippen LogP contribution in [0.1, 0.15) is 5.56 Å². The van der Waals surface area contributed by atoms with Crippen molar-refractivity contribution in [2.45, 2.75) is 6.61 Å². The number of rotatable bonds is 3. The highest BCUT2D eigenvalue weighted by Gasteiger charge is 2.11. The predicted octanol–water partition coefficient (Wildman–Crippen LogP) is 3.83. The summed E-state index contributed by atoms with van der Waals surface area (Å²) in [7, 11) is 1.37. The fourth-order valence-corrected chi connectivity index (χ4v) is 2.26. The van der Waals surface area contributed by atoms with E-state index in [1.54, 1.807) is 6.20 Å². The second kappa shape index (κ2) is 5.71. The summed E-state index contributed by atoms with van der Waals surface area (Å²) in [6, 6.07) is 17.4. The zero-order valence-corrected chi connectivity index (χ0v) is 11.7. The van der Waals surface area contributed by atoms with Gasteiger partial charge in [0.25, 0.3) is 0 Å². The molecule has 0 atom stereocenters. The lowest BCUT2D eigenvalue weighted by atomic mass is 10.2. The first-order valence-electron chi connectivity index (χ1n) is 6.64. The van der Waals surface area contributed by atoms with Crippen molar-refractivity contribution in [3.8, 4) is 5.75 Å². The van der Waals surface area contributed by atoms with Gasteiger partial charge in [-0.15, -0.1) is 0 Å². The van der Waals surface area contributed by atoms with Gasteiger partial charge in [0, 0.05) is 11.6 Å². The van der Waals surface area contributed by atoms with Crippen molar-refractivity contribution in [2.24, 2.45) is 0 Å². The van der Waals surface area contributed by atoms with Crippen LogP contribution < -0.4 is 4.74 Å². The van der Waals surface area contributed by atoms with Gasteiger partial charge in [-0.25, -0.2) is 4.79 Å². The van der Waals surface area contributed by atoms with E-state index in [9.17, 15) is 4.79 Å². The van der Waals surface area contributed by atoms with Gasteiger partial charge in [-0.3, -0.25) is 4.57 Å². The Hall–Kier alpha value is -2.75. The number of fused-ring (bicyclic) bond motifs is 1. The number of nitrogens with zero attached hydrogens (tertiary/aromatic N) is 1. The second-order valence-corrected chi connectivity index (χ2v) is 4.62.